The second-order valence-corrected chi connectivity index (χ2v) is 7.60. The van der Waals surface area contributed by atoms with Crippen molar-refractivity contribution < 1.29 is 9.53 Å². The van der Waals surface area contributed by atoms with E-state index in [2.05, 4.69) is 19.9 Å². The average Bonchev–Trinajstić information content (AvgIpc) is 2.53. The van der Waals surface area contributed by atoms with Crippen molar-refractivity contribution in [2.45, 2.75) is 44.9 Å². The Morgan fingerprint density at radius 1 is 1.28 bits per heavy atom. The smallest absolute Gasteiger partial charge is 0.410 e. The van der Waals surface area contributed by atoms with Gasteiger partial charge in [0.15, 0.2) is 5.52 Å². The topological polar surface area (TPSA) is 91.4 Å². The maximum absolute atomic E-state index is 12.3. The lowest BCUT2D eigenvalue weighted by Gasteiger charge is -2.56. The van der Waals surface area contributed by atoms with Gasteiger partial charge < -0.3 is 14.6 Å². The average molecular weight is 343 g/mol. The Labute approximate surface area is 144 Å². The molecule has 2 bridgehead atoms. The highest BCUT2D eigenvalue weighted by molar-refractivity contribution is 5.75. The summed E-state index contributed by atoms with van der Waals surface area (Å²) < 4.78 is 5.49. The van der Waals surface area contributed by atoms with Gasteiger partial charge in [-0.25, -0.2) is 14.8 Å². The van der Waals surface area contributed by atoms with Gasteiger partial charge in [0.2, 0.25) is 0 Å². The monoisotopic (exact) mass is 343 g/mol. The van der Waals surface area contributed by atoms with Gasteiger partial charge in [-0.05, 0) is 39.3 Å². The van der Waals surface area contributed by atoms with Crippen molar-refractivity contribution in [1.82, 2.24) is 19.9 Å². The summed E-state index contributed by atoms with van der Waals surface area (Å²) in [4.78, 5) is 39.3. The number of carbonyl (C=O) groups excluding carboxylic acids is 1. The zero-order valence-electron chi connectivity index (χ0n) is 14.5. The van der Waals surface area contributed by atoms with E-state index in [1.807, 2.05) is 31.7 Å². The van der Waals surface area contributed by atoms with Crippen LogP contribution < -0.4 is 10.5 Å². The Hall–Kier alpha value is -2.64. The fraction of sp³-hybridized carbons (Fsp3) is 0.529. The molecule has 0 radical (unpaired) electrons. The summed E-state index contributed by atoms with van der Waals surface area (Å²) in [5.41, 5.74) is 0.173. The molecule has 3 aliphatic heterocycles. The van der Waals surface area contributed by atoms with E-state index < -0.39 is 5.60 Å². The van der Waals surface area contributed by atoms with Crippen molar-refractivity contribution in [2.24, 2.45) is 0 Å². The van der Waals surface area contributed by atoms with Gasteiger partial charge in [-0.2, -0.15) is 0 Å². The maximum atomic E-state index is 12.3. The molecule has 25 heavy (non-hydrogen) atoms. The lowest BCUT2D eigenvalue weighted by atomic mass is 9.88. The van der Waals surface area contributed by atoms with Crippen LogP contribution in [-0.4, -0.2) is 56.7 Å². The van der Waals surface area contributed by atoms with Gasteiger partial charge in [0, 0.05) is 13.1 Å². The largest absolute Gasteiger partial charge is 0.444 e. The molecule has 0 spiro atoms. The first kappa shape index (κ1) is 15.9. The minimum atomic E-state index is -0.491. The second-order valence-electron chi connectivity index (χ2n) is 7.60. The Balaban J connectivity index is 1.52. The van der Waals surface area contributed by atoms with Gasteiger partial charge in [-0.15, -0.1) is 0 Å². The molecule has 8 nitrogen and oxygen atoms in total. The number of pyridine rings is 1. The summed E-state index contributed by atoms with van der Waals surface area (Å²) >= 11 is 0. The quantitative estimate of drug-likeness (QED) is 0.844. The zero-order valence-corrected chi connectivity index (χ0v) is 14.5. The lowest BCUT2D eigenvalue weighted by molar-refractivity contribution is -0.0380. The predicted octanol–water partition coefficient (Wildman–Crippen LogP) is 1.52. The molecule has 2 aromatic heterocycles. The number of anilines is 1. The number of nitrogens with one attached hydrogen (secondary N) is 1. The van der Waals surface area contributed by atoms with Crippen LogP contribution in [-0.2, 0) is 4.74 Å². The number of hydrogen-bond donors (Lipinski definition) is 1. The van der Waals surface area contributed by atoms with Gasteiger partial charge in [-0.3, -0.25) is 9.69 Å². The van der Waals surface area contributed by atoms with E-state index in [1.165, 1.54) is 6.33 Å². The number of piperazine rings is 1. The number of hydrogen-bond acceptors (Lipinski definition) is 6. The van der Waals surface area contributed by atoms with Crippen molar-refractivity contribution in [3.8, 4) is 0 Å². The number of aromatic amines is 1. The molecule has 5 rings (SSSR count). The summed E-state index contributed by atoms with van der Waals surface area (Å²) in [6.07, 6.45) is 2.10. The fourth-order valence-corrected chi connectivity index (χ4v) is 3.53. The van der Waals surface area contributed by atoms with Gasteiger partial charge in [0.25, 0.3) is 5.56 Å². The van der Waals surface area contributed by atoms with Gasteiger partial charge in [0.05, 0.1) is 23.9 Å². The van der Waals surface area contributed by atoms with Crippen molar-refractivity contribution in [3.05, 3.63) is 28.8 Å². The molecular weight excluding hydrogens is 322 g/mol. The molecule has 132 valence electrons. The van der Waals surface area contributed by atoms with Gasteiger partial charge >= 0.3 is 6.09 Å². The van der Waals surface area contributed by atoms with Crippen LogP contribution in [0.25, 0.3) is 11.0 Å². The number of carbonyl (C=O) groups is 1. The standard InChI is InChI=1S/C17H21N5O3/c1-17(2,3)25-16(24)22-10-6-11(22)8-21(7-10)13-5-4-12-14(20-13)15(23)19-9-18-12/h4-5,9-11H,6-8H2,1-3H3,(H,18,19,23). The minimum Gasteiger partial charge on any atom is -0.444 e. The Morgan fingerprint density at radius 2 is 2.00 bits per heavy atom. The number of rotatable bonds is 1. The Bertz CT molecular complexity index is 876. The van der Waals surface area contributed by atoms with Gasteiger partial charge in [0.1, 0.15) is 11.4 Å². The number of ether oxygens (including phenoxy) is 1. The summed E-state index contributed by atoms with van der Waals surface area (Å²) in [5, 5.41) is 0. The highest BCUT2D eigenvalue weighted by atomic mass is 16.6. The molecule has 2 atom stereocenters. The molecule has 2 unspecified atom stereocenters. The summed E-state index contributed by atoms with van der Waals surface area (Å²) in [5.74, 6) is 0.740. The van der Waals surface area contributed by atoms with E-state index >= 15 is 0 Å². The molecular formula is C17H21N5O3. The lowest BCUT2D eigenvalue weighted by Crippen LogP contribution is -2.70. The first-order chi connectivity index (χ1) is 11.8. The van der Waals surface area contributed by atoms with E-state index in [-0.39, 0.29) is 23.7 Å². The molecule has 8 heteroatoms. The van der Waals surface area contributed by atoms with Crippen LogP contribution in [0.4, 0.5) is 10.6 Å². The summed E-state index contributed by atoms with van der Waals surface area (Å²) in [7, 11) is 0. The van der Waals surface area contributed by atoms with Crippen molar-refractivity contribution in [2.75, 3.05) is 18.0 Å². The van der Waals surface area contributed by atoms with E-state index in [4.69, 9.17) is 4.74 Å². The third kappa shape index (κ3) is 2.81. The molecule has 1 amide bonds. The molecule has 0 aliphatic carbocycles. The van der Waals surface area contributed by atoms with Crippen molar-refractivity contribution >= 4 is 22.9 Å². The molecule has 3 saturated heterocycles. The van der Waals surface area contributed by atoms with Crippen molar-refractivity contribution in [3.63, 3.8) is 0 Å². The number of H-pyrrole nitrogens is 1. The predicted molar refractivity (Wildman–Crippen MR) is 92.6 cm³/mol. The number of fused-ring (bicyclic) bond motifs is 3. The highest BCUT2D eigenvalue weighted by Gasteiger charge is 2.49. The third-order valence-corrected chi connectivity index (χ3v) is 4.60. The van der Waals surface area contributed by atoms with Crippen LogP contribution >= 0.6 is 0 Å². The molecule has 0 aromatic carbocycles. The van der Waals surface area contributed by atoms with E-state index in [0.717, 1.165) is 12.2 Å². The van der Waals surface area contributed by atoms with Gasteiger partial charge in [-0.1, -0.05) is 0 Å². The molecule has 3 aliphatic rings. The molecule has 3 fully saturated rings. The number of nitrogens with zero attached hydrogens (tertiary/aromatic N) is 4. The van der Waals surface area contributed by atoms with Crippen molar-refractivity contribution in [1.29, 1.82) is 0 Å². The van der Waals surface area contributed by atoms with Crippen LogP contribution in [0, 0.1) is 0 Å². The number of amides is 1. The highest BCUT2D eigenvalue weighted by Crippen LogP contribution is 2.35. The van der Waals surface area contributed by atoms with E-state index in [9.17, 15) is 9.59 Å². The molecule has 2 aromatic rings. The SMILES string of the molecule is CC(C)(C)OC(=O)N1C2CC1CN(c1ccc3nc[nH]c(=O)c3n1)C2. The Morgan fingerprint density at radius 3 is 2.68 bits per heavy atom. The van der Waals surface area contributed by atoms with Crippen LogP contribution in [0.5, 0.6) is 0 Å². The first-order valence-corrected chi connectivity index (χ1v) is 8.42. The molecule has 0 saturated carbocycles. The van der Waals surface area contributed by atoms with E-state index in [1.54, 1.807) is 6.07 Å². The van der Waals surface area contributed by atoms with Crippen LogP contribution in [0.2, 0.25) is 0 Å². The summed E-state index contributed by atoms with van der Waals surface area (Å²) in [6, 6.07) is 3.92. The number of aromatic nitrogens is 3. The maximum Gasteiger partial charge on any atom is 0.410 e. The second kappa shape index (κ2) is 5.44. The van der Waals surface area contributed by atoms with Crippen LogP contribution in [0.1, 0.15) is 27.2 Å². The molecule has 5 heterocycles. The normalized spacial score (nSPS) is 22.7. The summed E-state index contributed by atoms with van der Waals surface area (Å²) in [6.45, 7) is 6.99. The van der Waals surface area contributed by atoms with E-state index in [0.29, 0.717) is 24.1 Å². The number of piperidine rings is 1. The van der Waals surface area contributed by atoms with Crippen LogP contribution in [0.15, 0.2) is 23.3 Å². The fourth-order valence-electron chi connectivity index (χ4n) is 3.53. The first-order valence-electron chi connectivity index (χ1n) is 8.42. The van der Waals surface area contributed by atoms with Crippen LogP contribution in [0.3, 0.4) is 0 Å². The minimum absolute atomic E-state index is 0.123. The zero-order chi connectivity index (χ0) is 17.8. The molecule has 1 N–H and O–H groups in total. The third-order valence-electron chi connectivity index (χ3n) is 4.60. The Kier molecular flexibility index (Phi) is 3.45.